The maximum absolute atomic E-state index is 11.7. The molecule has 33 heavy (non-hydrogen) atoms. The Bertz CT molecular complexity index is 1150. The van der Waals surface area contributed by atoms with E-state index in [0.717, 1.165) is 22.3 Å². The van der Waals surface area contributed by atoms with E-state index in [1.54, 1.807) is 13.0 Å². The van der Waals surface area contributed by atoms with Gasteiger partial charge in [0.1, 0.15) is 17.9 Å². The van der Waals surface area contributed by atoms with Crippen molar-refractivity contribution in [3.05, 3.63) is 35.7 Å². The van der Waals surface area contributed by atoms with Gasteiger partial charge >= 0.3 is 5.97 Å². The normalized spacial score (nSPS) is 12.3. The van der Waals surface area contributed by atoms with E-state index < -0.39 is 5.60 Å². The molecule has 0 bridgehead atoms. The molecule has 0 saturated heterocycles. The van der Waals surface area contributed by atoms with E-state index in [1.807, 2.05) is 39.0 Å². The van der Waals surface area contributed by atoms with Crippen molar-refractivity contribution in [2.75, 3.05) is 32.1 Å². The van der Waals surface area contributed by atoms with Gasteiger partial charge in [-0.15, -0.1) is 0 Å². The number of ether oxygens (including phenoxy) is 3. The van der Waals surface area contributed by atoms with Gasteiger partial charge in [-0.1, -0.05) is 12.1 Å². The Kier molecular flexibility index (Phi) is 8.01. The zero-order chi connectivity index (χ0) is 24.0. The fourth-order valence-corrected chi connectivity index (χ4v) is 3.67. The maximum Gasteiger partial charge on any atom is 0.330 e. The summed E-state index contributed by atoms with van der Waals surface area (Å²) in [6, 6.07) is 5.77. The van der Waals surface area contributed by atoms with Crippen LogP contribution in [0.15, 0.2) is 24.3 Å². The van der Waals surface area contributed by atoms with E-state index in [2.05, 4.69) is 9.55 Å². The smallest absolute Gasteiger partial charge is 0.330 e. The summed E-state index contributed by atoms with van der Waals surface area (Å²) in [5.41, 5.74) is 14.5. The lowest BCUT2D eigenvalue weighted by Gasteiger charge is -2.27. The van der Waals surface area contributed by atoms with Gasteiger partial charge < -0.3 is 30.2 Å². The molecule has 0 amide bonds. The molecule has 0 aliphatic carbocycles. The van der Waals surface area contributed by atoms with Gasteiger partial charge in [-0.2, -0.15) is 0 Å². The molecule has 9 nitrogen and oxygen atoms in total. The number of hydrogen-bond donors (Lipinski definition) is 2. The van der Waals surface area contributed by atoms with Crippen LogP contribution >= 0.6 is 0 Å². The number of imidazole rings is 1. The number of rotatable bonds is 11. The molecule has 0 fully saturated rings. The Labute approximate surface area is 193 Å². The lowest BCUT2D eigenvalue weighted by Crippen LogP contribution is -2.33. The highest BCUT2D eigenvalue weighted by molar-refractivity contribution is 6.07. The number of nitrogen functional groups attached to an aromatic ring is 1. The molecule has 3 rings (SSSR count). The molecular weight excluding hydrogens is 422 g/mol. The van der Waals surface area contributed by atoms with Crippen molar-refractivity contribution in [1.29, 1.82) is 0 Å². The molecule has 2 aromatic heterocycles. The third kappa shape index (κ3) is 5.87. The van der Waals surface area contributed by atoms with Crippen LogP contribution in [0.2, 0.25) is 0 Å². The molecule has 0 saturated carbocycles. The number of anilines is 1. The van der Waals surface area contributed by atoms with Gasteiger partial charge in [0.25, 0.3) is 0 Å². The van der Waals surface area contributed by atoms with Crippen LogP contribution in [-0.4, -0.2) is 52.5 Å². The summed E-state index contributed by atoms with van der Waals surface area (Å²) in [6.45, 7) is 10.4. The first-order chi connectivity index (χ1) is 15.8. The first kappa shape index (κ1) is 24.6. The molecule has 9 heteroatoms. The fourth-order valence-electron chi connectivity index (χ4n) is 3.67. The van der Waals surface area contributed by atoms with Gasteiger partial charge in [0.2, 0.25) is 0 Å². The van der Waals surface area contributed by atoms with E-state index in [9.17, 15) is 4.79 Å². The Morgan fingerprint density at radius 2 is 2.00 bits per heavy atom. The van der Waals surface area contributed by atoms with Crippen molar-refractivity contribution in [1.82, 2.24) is 14.5 Å². The van der Waals surface area contributed by atoms with Crippen molar-refractivity contribution >= 4 is 39.8 Å². The molecule has 0 radical (unpaired) electrons. The first-order valence-electron chi connectivity index (χ1n) is 11.1. The van der Waals surface area contributed by atoms with Gasteiger partial charge in [0.15, 0.2) is 5.82 Å². The quantitative estimate of drug-likeness (QED) is 0.334. The first-order valence-corrected chi connectivity index (χ1v) is 11.1. The monoisotopic (exact) mass is 455 g/mol. The third-order valence-electron chi connectivity index (χ3n) is 5.09. The lowest BCUT2D eigenvalue weighted by atomic mass is 10.1. The summed E-state index contributed by atoms with van der Waals surface area (Å²) in [5, 5.41) is 0.900. The van der Waals surface area contributed by atoms with Crippen molar-refractivity contribution in [2.24, 2.45) is 5.73 Å². The predicted octanol–water partition coefficient (Wildman–Crippen LogP) is 3.03. The molecule has 2 heterocycles. The molecule has 0 spiro atoms. The summed E-state index contributed by atoms with van der Waals surface area (Å²) in [4.78, 5) is 21.0. The molecule has 0 aliphatic heterocycles. The average molecular weight is 456 g/mol. The highest BCUT2D eigenvalue weighted by atomic mass is 16.5. The SMILES string of the molecule is CCOCc1nc2c(N)nc3cc(/C=C/C(=O)OCC)ccc3c2n1CC(C)(C)OCCN. The number of carbonyl (C=O) groups is 1. The summed E-state index contributed by atoms with van der Waals surface area (Å²) in [7, 11) is 0. The average Bonchev–Trinajstić information content (AvgIpc) is 3.13. The third-order valence-corrected chi connectivity index (χ3v) is 5.09. The number of hydrogen-bond acceptors (Lipinski definition) is 8. The van der Waals surface area contributed by atoms with Crippen LogP contribution in [0.3, 0.4) is 0 Å². The van der Waals surface area contributed by atoms with E-state index in [-0.39, 0.29) is 5.97 Å². The van der Waals surface area contributed by atoms with Crippen molar-refractivity contribution in [3.63, 3.8) is 0 Å². The second-order valence-corrected chi connectivity index (χ2v) is 8.20. The Morgan fingerprint density at radius 3 is 2.70 bits per heavy atom. The zero-order valence-electron chi connectivity index (χ0n) is 19.8. The Balaban J connectivity index is 2.13. The maximum atomic E-state index is 11.7. The van der Waals surface area contributed by atoms with Gasteiger partial charge in [0.05, 0.1) is 36.4 Å². The number of nitrogens with two attached hydrogens (primary N) is 2. The van der Waals surface area contributed by atoms with E-state index >= 15 is 0 Å². The molecule has 0 unspecified atom stereocenters. The Hall–Kier alpha value is -3.01. The van der Waals surface area contributed by atoms with Gasteiger partial charge in [-0.3, -0.25) is 0 Å². The molecule has 0 aliphatic rings. The number of benzene rings is 1. The van der Waals surface area contributed by atoms with Crippen molar-refractivity contribution in [2.45, 2.75) is 46.4 Å². The van der Waals surface area contributed by atoms with Crippen LogP contribution in [0.1, 0.15) is 39.1 Å². The summed E-state index contributed by atoms with van der Waals surface area (Å²) < 4.78 is 18.7. The summed E-state index contributed by atoms with van der Waals surface area (Å²) >= 11 is 0. The number of fused-ring (bicyclic) bond motifs is 3. The predicted molar refractivity (Wildman–Crippen MR) is 130 cm³/mol. The van der Waals surface area contributed by atoms with Gasteiger partial charge in [-0.05, 0) is 45.4 Å². The number of esters is 1. The topological polar surface area (TPSA) is 128 Å². The highest BCUT2D eigenvalue weighted by Crippen LogP contribution is 2.31. The summed E-state index contributed by atoms with van der Waals surface area (Å²) in [5.74, 6) is 0.698. The largest absolute Gasteiger partial charge is 0.463 e. The van der Waals surface area contributed by atoms with Crippen LogP contribution in [0.5, 0.6) is 0 Å². The number of pyridine rings is 1. The molecular formula is C24H33N5O4. The highest BCUT2D eigenvalue weighted by Gasteiger charge is 2.25. The Morgan fingerprint density at radius 1 is 1.21 bits per heavy atom. The second-order valence-electron chi connectivity index (χ2n) is 8.20. The van der Waals surface area contributed by atoms with Crippen molar-refractivity contribution in [3.8, 4) is 0 Å². The number of nitrogens with zero attached hydrogens (tertiary/aromatic N) is 3. The minimum atomic E-state index is -0.485. The van der Waals surface area contributed by atoms with Crippen LogP contribution in [0.25, 0.3) is 28.0 Å². The molecule has 178 valence electrons. The van der Waals surface area contributed by atoms with Crippen LogP contribution in [-0.2, 0) is 32.2 Å². The lowest BCUT2D eigenvalue weighted by molar-refractivity contribution is -0.137. The fraction of sp³-hybridized carbons (Fsp3) is 0.458. The van der Waals surface area contributed by atoms with Crippen LogP contribution < -0.4 is 11.5 Å². The zero-order valence-corrected chi connectivity index (χ0v) is 19.8. The number of carbonyl (C=O) groups excluding carboxylic acids is 1. The van der Waals surface area contributed by atoms with Gasteiger partial charge in [0, 0.05) is 24.6 Å². The minimum Gasteiger partial charge on any atom is -0.463 e. The van der Waals surface area contributed by atoms with Gasteiger partial charge in [-0.25, -0.2) is 14.8 Å². The molecule has 0 atom stereocenters. The van der Waals surface area contributed by atoms with E-state index in [1.165, 1.54) is 6.08 Å². The minimum absolute atomic E-state index is 0.330. The van der Waals surface area contributed by atoms with E-state index in [4.69, 9.17) is 30.7 Å². The van der Waals surface area contributed by atoms with Crippen LogP contribution in [0.4, 0.5) is 5.82 Å². The standard InChI is InChI=1S/C24H33N5O4/c1-5-31-14-19-28-21-22(29(19)15-24(3,4)33-12-11-25)17-9-7-16(8-10-20(30)32-6-2)13-18(17)27-23(21)26/h7-10,13H,5-6,11-12,14-15,25H2,1-4H3,(H2,26,27)/b10-8+. The van der Waals surface area contributed by atoms with Crippen LogP contribution in [0, 0.1) is 0 Å². The molecule has 4 N–H and O–H groups in total. The molecule has 1 aromatic carbocycles. The van der Waals surface area contributed by atoms with E-state index in [0.29, 0.717) is 56.4 Å². The van der Waals surface area contributed by atoms with Crippen molar-refractivity contribution < 1.29 is 19.0 Å². The molecule has 3 aromatic rings. The summed E-state index contributed by atoms with van der Waals surface area (Å²) in [6.07, 6.45) is 3.09. The second kappa shape index (κ2) is 10.7. The number of aromatic nitrogens is 3.